The Morgan fingerprint density at radius 1 is 1.08 bits per heavy atom. The molecular weight excluding hydrogens is 339 g/mol. The highest BCUT2D eigenvalue weighted by Gasteiger charge is 2.32. The molecule has 0 unspecified atom stereocenters. The number of imide groups is 1. The average Bonchev–Trinajstić information content (AvgIpc) is 2.98. The van der Waals surface area contributed by atoms with Crippen molar-refractivity contribution in [3.8, 4) is 0 Å². The van der Waals surface area contributed by atoms with Crippen molar-refractivity contribution in [1.29, 1.82) is 0 Å². The van der Waals surface area contributed by atoms with E-state index in [-0.39, 0.29) is 17.8 Å². The van der Waals surface area contributed by atoms with E-state index in [4.69, 9.17) is 0 Å². The molecule has 2 N–H and O–H groups in total. The van der Waals surface area contributed by atoms with Crippen LogP contribution in [0.1, 0.15) is 11.3 Å². The number of benzene rings is 2. The first-order chi connectivity index (χ1) is 12.5. The molecule has 0 aliphatic carbocycles. The maximum atomic E-state index is 14.2. The van der Waals surface area contributed by atoms with Gasteiger partial charge in [-0.2, -0.15) is 5.10 Å². The standard InChI is InChI=1S/C18H13FN4O3/c19-13-6-5-10(8-15(13)23-16(24)9-20-18(23)26)7-14-11-3-1-2-4-12(11)17(25)22-21-14/h1-6,8H,7,9H2,(H,20,26)(H,22,25). The number of nitrogens with zero attached hydrogens (tertiary/aromatic N) is 2. The first-order valence-electron chi connectivity index (χ1n) is 7.90. The third-order valence-corrected chi connectivity index (χ3v) is 4.24. The maximum Gasteiger partial charge on any atom is 0.329 e. The number of H-pyrrole nitrogens is 1. The van der Waals surface area contributed by atoms with Crippen LogP contribution in [0, 0.1) is 5.82 Å². The molecule has 1 fully saturated rings. The summed E-state index contributed by atoms with van der Waals surface area (Å²) < 4.78 is 14.2. The monoisotopic (exact) mass is 352 g/mol. The number of hydrogen-bond acceptors (Lipinski definition) is 4. The average molecular weight is 352 g/mol. The molecule has 4 rings (SSSR count). The molecule has 0 saturated carbocycles. The van der Waals surface area contributed by atoms with Crippen LogP contribution in [-0.4, -0.2) is 28.7 Å². The van der Waals surface area contributed by atoms with Crippen LogP contribution in [0.5, 0.6) is 0 Å². The minimum atomic E-state index is -0.668. The molecule has 1 saturated heterocycles. The van der Waals surface area contributed by atoms with Crippen molar-refractivity contribution in [2.24, 2.45) is 0 Å². The van der Waals surface area contributed by atoms with E-state index < -0.39 is 17.8 Å². The van der Waals surface area contributed by atoms with Crippen molar-refractivity contribution in [2.75, 3.05) is 11.4 Å². The molecule has 3 amide bonds. The van der Waals surface area contributed by atoms with E-state index in [1.807, 2.05) is 0 Å². The van der Waals surface area contributed by atoms with Gasteiger partial charge >= 0.3 is 6.03 Å². The lowest BCUT2D eigenvalue weighted by Gasteiger charge is -2.15. The van der Waals surface area contributed by atoms with Gasteiger partial charge in [0.25, 0.3) is 11.5 Å². The molecule has 130 valence electrons. The van der Waals surface area contributed by atoms with Crippen LogP contribution in [0.15, 0.2) is 47.3 Å². The topological polar surface area (TPSA) is 95.2 Å². The second kappa shape index (κ2) is 6.07. The summed E-state index contributed by atoms with van der Waals surface area (Å²) in [7, 11) is 0. The molecule has 2 heterocycles. The quantitative estimate of drug-likeness (QED) is 0.702. The number of amides is 3. The molecule has 1 aromatic heterocycles. The molecule has 1 aliphatic rings. The lowest BCUT2D eigenvalue weighted by molar-refractivity contribution is -0.115. The number of rotatable bonds is 3. The van der Waals surface area contributed by atoms with Gasteiger partial charge in [0.1, 0.15) is 5.82 Å². The van der Waals surface area contributed by atoms with Gasteiger partial charge in [-0.3, -0.25) is 9.59 Å². The minimum absolute atomic E-state index is 0.101. The van der Waals surface area contributed by atoms with Crippen molar-refractivity contribution in [3.63, 3.8) is 0 Å². The number of urea groups is 1. The Kier molecular flexibility index (Phi) is 3.72. The number of anilines is 1. The maximum absolute atomic E-state index is 14.2. The molecular formula is C18H13FN4O3. The number of carbonyl (C=O) groups excluding carboxylic acids is 2. The highest BCUT2D eigenvalue weighted by Crippen LogP contribution is 2.25. The predicted molar refractivity (Wildman–Crippen MR) is 92.5 cm³/mol. The molecule has 0 atom stereocenters. The van der Waals surface area contributed by atoms with Crippen LogP contribution >= 0.6 is 0 Å². The van der Waals surface area contributed by atoms with Crippen molar-refractivity contribution in [2.45, 2.75) is 6.42 Å². The first-order valence-corrected chi connectivity index (χ1v) is 7.90. The number of aromatic nitrogens is 2. The number of fused-ring (bicyclic) bond motifs is 1. The van der Waals surface area contributed by atoms with E-state index in [1.165, 1.54) is 12.1 Å². The summed E-state index contributed by atoms with van der Waals surface area (Å²) >= 11 is 0. The van der Waals surface area contributed by atoms with Gasteiger partial charge < -0.3 is 5.32 Å². The van der Waals surface area contributed by atoms with Crippen molar-refractivity contribution < 1.29 is 14.0 Å². The van der Waals surface area contributed by atoms with Gasteiger partial charge in [-0.25, -0.2) is 19.2 Å². The molecule has 8 heteroatoms. The zero-order chi connectivity index (χ0) is 18.3. The van der Waals surface area contributed by atoms with E-state index in [9.17, 15) is 18.8 Å². The molecule has 0 spiro atoms. The van der Waals surface area contributed by atoms with E-state index in [1.54, 1.807) is 30.3 Å². The Bertz CT molecular complexity index is 1090. The molecule has 26 heavy (non-hydrogen) atoms. The van der Waals surface area contributed by atoms with Crippen molar-refractivity contribution in [3.05, 3.63) is 69.9 Å². The molecule has 0 bridgehead atoms. The molecule has 7 nitrogen and oxygen atoms in total. The van der Waals surface area contributed by atoms with Crippen molar-refractivity contribution in [1.82, 2.24) is 15.5 Å². The Balaban J connectivity index is 1.76. The largest absolute Gasteiger partial charge is 0.329 e. The number of nitrogens with one attached hydrogen (secondary N) is 2. The summed E-state index contributed by atoms with van der Waals surface area (Å²) in [5.74, 6) is -1.18. The zero-order valence-electron chi connectivity index (χ0n) is 13.5. The fourth-order valence-corrected chi connectivity index (χ4v) is 3.01. The van der Waals surface area contributed by atoms with Crippen LogP contribution in [0.3, 0.4) is 0 Å². The Morgan fingerprint density at radius 3 is 2.58 bits per heavy atom. The van der Waals surface area contributed by atoms with Crippen LogP contribution in [0.25, 0.3) is 10.8 Å². The van der Waals surface area contributed by atoms with Gasteiger partial charge in [0.2, 0.25) is 0 Å². The van der Waals surface area contributed by atoms with Gasteiger partial charge in [0.05, 0.1) is 23.3 Å². The second-order valence-electron chi connectivity index (χ2n) is 5.90. The third kappa shape index (κ3) is 2.61. The summed E-state index contributed by atoms with van der Waals surface area (Å²) in [5.41, 5.74) is 0.869. The molecule has 1 aliphatic heterocycles. The fraction of sp³-hybridized carbons (Fsp3) is 0.111. The summed E-state index contributed by atoms with van der Waals surface area (Å²) in [6, 6.07) is 10.6. The van der Waals surface area contributed by atoms with Crippen molar-refractivity contribution >= 4 is 28.4 Å². The van der Waals surface area contributed by atoms with Crippen LogP contribution in [0.4, 0.5) is 14.9 Å². The molecule has 3 aromatic rings. The summed E-state index contributed by atoms with van der Waals surface area (Å²) in [4.78, 5) is 36.3. The normalized spacial score (nSPS) is 14.1. The Hall–Kier alpha value is -3.55. The fourth-order valence-electron chi connectivity index (χ4n) is 3.01. The highest BCUT2D eigenvalue weighted by atomic mass is 19.1. The SMILES string of the molecule is O=C1CNC(=O)N1c1cc(Cc2n[nH]c(=O)c3ccccc23)ccc1F. The van der Waals surface area contributed by atoms with Gasteiger partial charge in [-0.1, -0.05) is 24.3 Å². The van der Waals surface area contributed by atoms with Crippen LogP contribution in [-0.2, 0) is 11.2 Å². The highest BCUT2D eigenvalue weighted by molar-refractivity contribution is 6.19. The number of carbonyl (C=O) groups is 2. The van der Waals surface area contributed by atoms with Gasteiger partial charge in [0, 0.05) is 11.8 Å². The minimum Gasteiger partial charge on any atom is -0.328 e. The van der Waals surface area contributed by atoms with Crippen LogP contribution in [0.2, 0.25) is 0 Å². The number of halogens is 1. The Labute approximate surface area is 146 Å². The predicted octanol–water partition coefficient (Wildman–Crippen LogP) is 1.71. The zero-order valence-corrected chi connectivity index (χ0v) is 13.5. The first kappa shape index (κ1) is 15.9. The number of aromatic amines is 1. The summed E-state index contributed by atoms with van der Waals surface area (Å²) in [6.45, 7) is -0.158. The number of hydrogen-bond donors (Lipinski definition) is 2. The second-order valence-corrected chi connectivity index (χ2v) is 5.90. The molecule has 0 radical (unpaired) electrons. The van der Waals surface area contributed by atoms with Gasteiger partial charge in [0.15, 0.2) is 0 Å². The smallest absolute Gasteiger partial charge is 0.328 e. The van der Waals surface area contributed by atoms with Gasteiger partial charge in [-0.15, -0.1) is 0 Å². The van der Waals surface area contributed by atoms with E-state index in [0.29, 0.717) is 28.5 Å². The third-order valence-electron chi connectivity index (χ3n) is 4.24. The summed E-state index contributed by atoms with van der Waals surface area (Å²) in [5, 5.41) is 10.1. The van der Waals surface area contributed by atoms with Gasteiger partial charge in [-0.05, 0) is 23.8 Å². The lowest BCUT2D eigenvalue weighted by Crippen LogP contribution is -2.31. The summed E-state index contributed by atoms with van der Waals surface area (Å²) in [6.07, 6.45) is 0.300. The van der Waals surface area contributed by atoms with E-state index in [2.05, 4.69) is 15.5 Å². The molecule has 2 aromatic carbocycles. The van der Waals surface area contributed by atoms with E-state index in [0.717, 1.165) is 4.90 Å². The van der Waals surface area contributed by atoms with E-state index >= 15 is 0 Å². The van der Waals surface area contributed by atoms with Crippen LogP contribution < -0.4 is 15.8 Å². The Morgan fingerprint density at radius 2 is 1.85 bits per heavy atom. The lowest BCUT2D eigenvalue weighted by atomic mass is 10.0.